The number of aryl methyl sites for hydroxylation is 1. The van der Waals surface area contributed by atoms with Crippen LogP contribution in [0.4, 0.5) is 0 Å². The lowest BCUT2D eigenvalue weighted by atomic mass is 10.1. The lowest BCUT2D eigenvalue weighted by Crippen LogP contribution is -2.22. The van der Waals surface area contributed by atoms with Gasteiger partial charge in [-0.1, -0.05) is 35.9 Å². The molecular formula is C19H17N3O. The van der Waals surface area contributed by atoms with Gasteiger partial charge in [0, 0.05) is 18.9 Å². The monoisotopic (exact) mass is 303 g/mol. The summed E-state index contributed by atoms with van der Waals surface area (Å²) >= 11 is 0. The Kier molecular flexibility index (Phi) is 4.43. The average molecular weight is 303 g/mol. The van der Waals surface area contributed by atoms with Crippen LogP contribution in [-0.2, 0) is 6.54 Å². The topological polar surface area (TPSA) is 54.9 Å². The van der Waals surface area contributed by atoms with Gasteiger partial charge < -0.3 is 5.32 Å². The fourth-order valence-electron chi connectivity index (χ4n) is 2.30. The number of carbonyl (C=O) groups excluding carboxylic acids is 1. The van der Waals surface area contributed by atoms with Crippen LogP contribution in [0.2, 0.25) is 0 Å². The maximum Gasteiger partial charge on any atom is 0.253 e. The van der Waals surface area contributed by atoms with E-state index in [2.05, 4.69) is 21.4 Å². The third-order valence-corrected chi connectivity index (χ3v) is 3.49. The van der Waals surface area contributed by atoms with E-state index in [4.69, 9.17) is 0 Å². The van der Waals surface area contributed by atoms with Gasteiger partial charge in [0.2, 0.25) is 0 Å². The Hall–Kier alpha value is -3.01. The van der Waals surface area contributed by atoms with Crippen LogP contribution in [-0.4, -0.2) is 15.9 Å². The van der Waals surface area contributed by atoms with Crippen molar-refractivity contribution in [3.63, 3.8) is 0 Å². The van der Waals surface area contributed by atoms with Crippen molar-refractivity contribution in [3.05, 3.63) is 83.7 Å². The highest BCUT2D eigenvalue weighted by atomic mass is 16.1. The molecule has 0 saturated carbocycles. The summed E-state index contributed by atoms with van der Waals surface area (Å²) in [6, 6.07) is 17.3. The van der Waals surface area contributed by atoms with Crippen LogP contribution in [0, 0.1) is 6.92 Å². The van der Waals surface area contributed by atoms with Gasteiger partial charge in [-0.2, -0.15) is 0 Å². The van der Waals surface area contributed by atoms with E-state index in [1.54, 1.807) is 18.5 Å². The molecule has 0 atom stereocenters. The average Bonchev–Trinajstić information content (AvgIpc) is 2.61. The molecule has 0 aliphatic rings. The summed E-state index contributed by atoms with van der Waals surface area (Å²) in [5.74, 6) is -0.133. The Morgan fingerprint density at radius 2 is 1.87 bits per heavy atom. The summed E-state index contributed by atoms with van der Waals surface area (Å²) in [5.41, 5.74) is 4.34. The number of amides is 1. The molecule has 114 valence electrons. The molecule has 3 rings (SSSR count). The molecular weight excluding hydrogens is 286 g/mol. The minimum absolute atomic E-state index is 0.133. The van der Waals surface area contributed by atoms with Crippen LogP contribution in [0.3, 0.4) is 0 Å². The van der Waals surface area contributed by atoms with Crippen molar-refractivity contribution in [1.82, 2.24) is 15.3 Å². The zero-order valence-corrected chi connectivity index (χ0v) is 12.9. The molecule has 0 fully saturated rings. The third-order valence-electron chi connectivity index (χ3n) is 3.49. The van der Waals surface area contributed by atoms with Crippen LogP contribution < -0.4 is 5.32 Å². The highest BCUT2D eigenvalue weighted by Gasteiger charge is 2.07. The predicted molar refractivity (Wildman–Crippen MR) is 89.8 cm³/mol. The largest absolute Gasteiger partial charge is 0.348 e. The van der Waals surface area contributed by atoms with E-state index in [0.717, 1.165) is 17.0 Å². The lowest BCUT2D eigenvalue weighted by Gasteiger charge is -2.06. The van der Waals surface area contributed by atoms with Gasteiger partial charge in [0.15, 0.2) is 0 Å². The van der Waals surface area contributed by atoms with E-state index in [9.17, 15) is 4.79 Å². The summed E-state index contributed by atoms with van der Waals surface area (Å²) < 4.78 is 0. The van der Waals surface area contributed by atoms with Crippen LogP contribution in [0.15, 0.2) is 67.0 Å². The maximum atomic E-state index is 12.2. The van der Waals surface area contributed by atoms with Gasteiger partial charge in [-0.05, 0) is 36.8 Å². The molecule has 1 N–H and O–H groups in total. The number of nitrogens with one attached hydrogen (secondary N) is 1. The number of nitrogens with zero attached hydrogens (tertiary/aromatic N) is 2. The van der Waals surface area contributed by atoms with E-state index in [-0.39, 0.29) is 5.91 Å². The first kappa shape index (κ1) is 14.9. The highest BCUT2D eigenvalue weighted by molar-refractivity contribution is 5.94. The van der Waals surface area contributed by atoms with Gasteiger partial charge in [-0.3, -0.25) is 14.8 Å². The van der Waals surface area contributed by atoms with Crippen molar-refractivity contribution in [2.24, 2.45) is 0 Å². The fourth-order valence-corrected chi connectivity index (χ4v) is 2.30. The molecule has 0 radical (unpaired) electrons. The molecule has 2 heterocycles. The van der Waals surface area contributed by atoms with Crippen molar-refractivity contribution >= 4 is 5.91 Å². The molecule has 4 nitrogen and oxygen atoms in total. The van der Waals surface area contributed by atoms with Crippen molar-refractivity contribution < 1.29 is 4.79 Å². The normalized spacial score (nSPS) is 10.3. The maximum absolute atomic E-state index is 12.2. The summed E-state index contributed by atoms with van der Waals surface area (Å²) in [7, 11) is 0. The first-order valence-corrected chi connectivity index (χ1v) is 7.43. The number of carbonyl (C=O) groups is 1. The Morgan fingerprint density at radius 3 is 2.57 bits per heavy atom. The van der Waals surface area contributed by atoms with Gasteiger partial charge in [0.1, 0.15) is 0 Å². The number of pyridine rings is 2. The van der Waals surface area contributed by atoms with E-state index in [1.807, 2.05) is 49.4 Å². The Bertz CT molecular complexity index is 798. The third kappa shape index (κ3) is 3.80. The second-order valence-electron chi connectivity index (χ2n) is 5.32. The number of benzene rings is 1. The van der Waals surface area contributed by atoms with Crippen molar-refractivity contribution in [2.75, 3.05) is 0 Å². The number of hydrogen-bond donors (Lipinski definition) is 1. The van der Waals surface area contributed by atoms with Gasteiger partial charge >= 0.3 is 0 Å². The van der Waals surface area contributed by atoms with Crippen molar-refractivity contribution in [2.45, 2.75) is 13.5 Å². The number of rotatable bonds is 4. The second-order valence-corrected chi connectivity index (χ2v) is 5.32. The molecule has 23 heavy (non-hydrogen) atoms. The molecule has 3 aromatic rings. The van der Waals surface area contributed by atoms with Crippen LogP contribution in [0.25, 0.3) is 11.4 Å². The van der Waals surface area contributed by atoms with Gasteiger partial charge in [0.25, 0.3) is 5.91 Å². The van der Waals surface area contributed by atoms with Gasteiger partial charge in [-0.25, -0.2) is 0 Å². The molecule has 0 spiro atoms. The predicted octanol–water partition coefficient (Wildman–Crippen LogP) is 3.38. The van der Waals surface area contributed by atoms with Crippen LogP contribution in [0.1, 0.15) is 21.5 Å². The summed E-state index contributed by atoms with van der Waals surface area (Å²) in [6.45, 7) is 2.54. The number of hydrogen-bond acceptors (Lipinski definition) is 3. The minimum atomic E-state index is -0.133. The van der Waals surface area contributed by atoms with Gasteiger partial charge in [0.05, 0.1) is 17.0 Å². The van der Waals surface area contributed by atoms with Crippen molar-refractivity contribution in [1.29, 1.82) is 0 Å². The Balaban J connectivity index is 1.66. The van der Waals surface area contributed by atoms with Gasteiger partial charge in [-0.15, -0.1) is 0 Å². The smallest absolute Gasteiger partial charge is 0.253 e. The molecule has 0 saturated heterocycles. The Labute approximate surface area is 135 Å². The summed E-state index contributed by atoms with van der Waals surface area (Å²) in [6.07, 6.45) is 3.30. The molecule has 1 aromatic carbocycles. The molecule has 4 heteroatoms. The van der Waals surface area contributed by atoms with Crippen LogP contribution >= 0.6 is 0 Å². The number of aromatic nitrogens is 2. The highest BCUT2D eigenvalue weighted by Crippen LogP contribution is 2.13. The lowest BCUT2D eigenvalue weighted by molar-refractivity contribution is 0.0950. The summed E-state index contributed by atoms with van der Waals surface area (Å²) in [5, 5.41) is 2.91. The molecule has 2 aromatic heterocycles. The second kappa shape index (κ2) is 6.83. The molecule has 1 amide bonds. The van der Waals surface area contributed by atoms with E-state index < -0.39 is 0 Å². The first-order valence-electron chi connectivity index (χ1n) is 7.43. The minimum Gasteiger partial charge on any atom is -0.348 e. The van der Waals surface area contributed by atoms with E-state index in [1.165, 1.54) is 5.56 Å². The standard InChI is InChI=1S/C19H17N3O/c1-14-5-4-6-15(11-14)12-22-19(23)16-8-9-18(21-13-16)17-7-2-3-10-20-17/h2-11,13H,12H2,1H3,(H,22,23). The quantitative estimate of drug-likeness (QED) is 0.804. The van der Waals surface area contributed by atoms with Crippen molar-refractivity contribution in [3.8, 4) is 11.4 Å². The molecule has 0 unspecified atom stereocenters. The SMILES string of the molecule is Cc1cccc(CNC(=O)c2ccc(-c3ccccn3)nc2)c1. The molecule has 0 aliphatic heterocycles. The zero-order chi connectivity index (χ0) is 16.1. The summed E-state index contributed by atoms with van der Waals surface area (Å²) in [4.78, 5) is 20.7. The fraction of sp³-hybridized carbons (Fsp3) is 0.105. The van der Waals surface area contributed by atoms with Crippen LogP contribution in [0.5, 0.6) is 0 Å². The Morgan fingerprint density at radius 1 is 1.00 bits per heavy atom. The molecule has 0 aliphatic carbocycles. The zero-order valence-electron chi connectivity index (χ0n) is 12.9. The first-order chi connectivity index (χ1) is 11.2. The van der Waals surface area contributed by atoms with E-state index in [0.29, 0.717) is 12.1 Å². The van der Waals surface area contributed by atoms with E-state index >= 15 is 0 Å². The molecule has 0 bridgehead atoms.